The van der Waals surface area contributed by atoms with Gasteiger partial charge in [0.1, 0.15) is 0 Å². The zero-order chi connectivity index (χ0) is 14.4. The molecule has 0 aliphatic heterocycles. The van der Waals surface area contributed by atoms with Crippen molar-refractivity contribution in [2.75, 3.05) is 13.7 Å². The summed E-state index contributed by atoms with van der Waals surface area (Å²) in [4.78, 5) is 11.7. The molecule has 1 aromatic rings. The van der Waals surface area contributed by atoms with Gasteiger partial charge in [-0.1, -0.05) is 18.9 Å². The second kappa shape index (κ2) is 7.24. The third-order valence-corrected chi connectivity index (χ3v) is 3.46. The van der Waals surface area contributed by atoms with E-state index in [-0.39, 0.29) is 24.3 Å². The van der Waals surface area contributed by atoms with E-state index in [1.165, 1.54) is 6.07 Å². The molecule has 1 aliphatic rings. The number of hydrogen-bond donors (Lipinski definition) is 2. The minimum Gasteiger partial charge on any atom is -0.481 e. The zero-order valence-corrected chi connectivity index (χ0v) is 11.7. The second-order valence-corrected chi connectivity index (χ2v) is 5.13. The van der Waals surface area contributed by atoms with Crippen LogP contribution < -0.4 is 15.4 Å². The Morgan fingerprint density at radius 3 is 2.80 bits per heavy atom. The molecule has 1 saturated carbocycles. The monoisotopic (exact) mass is 280 g/mol. The predicted octanol–water partition coefficient (Wildman–Crippen LogP) is 1.98. The Labute approximate surface area is 118 Å². The van der Waals surface area contributed by atoms with Crippen LogP contribution in [0.3, 0.4) is 0 Å². The highest BCUT2D eigenvalue weighted by atomic mass is 19.1. The first-order valence-corrected chi connectivity index (χ1v) is 7.04. The summed E-state index contributed by atoms with van der Waals surface area (Å²) < 4.78 is 19.0. The van der Waals surface area contributed by atoms with E-state index in [0.29, 0.717) is 6.54 Å². The van der Waals surface area contributed by atoms with E-state index in [1.807, 2.05) is 0 Å². The molecule has 2 N–H and O–H groups in total. The van der Waals surface area contributed by atoms with Gasteiger partial charge in [0.15, 0.2) is 18.2 Å². The third kappa shape index (κ3) is 4.20. The quantitative estimate of drug-likeness (QED) is 0.838. The number of halogens is 1. The van der Waals surface area contributed by atoms with Gasteiger partial charge in [0.2, 0.25) is 0 Å². The maximum absolute atomic E-state index is 13.7. The molecule has 110 valence electrons. The molecule has 1 aromatic carbocycles. The van der Waals surface area contributed by atoms with Gasteiger partial charge in [0.05, 0.1) is 0 Å². The SMILES string of the molecule is CNCc1ccc(OCC(=O)NC2CCCC2)c(F)c1. The van der Waals surface area contributed by atoms with Crippen LogP contribution in [0.2, 0.25) is 0 Å². The molecule has 2 rings (SSSR count). The number of ether oxygens (including phenoxy) is 1. The highest BCUT2D eigenvalue weighted by Crippen LogP contribution is 2.19. The van der Waals surface area contributed by atoms with Crippen molar-refractivity contribution in [1.82, 2.24) is 10.6 Å². The van der Waals surface area contributed by atoms with Gasteiger partial charge in [0, 0.05) is 12.6 Å². The van der Waals surface area contributed by atoms with Gasteiger partial charge >= 0.3 is 0 Å². The maximum Gasteiger partial charge on any atom is 0.258 e. The highest BCUT2D eigenvalue weighted by molar-refractivity contribution is 5.77. The summed E-state index contributed by atoms with van der Waals surface area (Å²) >= 11 is 0. The highest BCUT2D eigenvalue weighted by Gasteiger charge is 2.17. The van der Waals surface area contributed by atoms with Crippen molar-refractivity contribution >= 4 is 5.91 Å². The van der Waals surface area contributed by atoms with Crippen LogP contribution in [0.15, 0.2) is 18.2 Å². The van der Waals surface area contributed by atoms with Crippen molar-refractivity contribution < 1.29 is 13.9 Å². The van der Waals surface area contributed by atoms with Crippen molar-refractivity contribution in [3.05, 3.63) is 29.6 Å². The molecule has 5 heteroatoms. The Bertz CT molecular complexity index is 459. The fourth-order valence-corrected chi connectivity index (χ4v) is 2.46. The number of amides is 1. The van der Waals surface area contributed by atoms with Crippen molar-refractivity contribution in [2.45, 2.75) is 38.3 Å². The van der Waals surface area contributed by atoms with Crippen LogP contribution in [-0.2, 0) is 11.3 Å². The van der Waals surface area contributed by atoms with Crippen LogP contribution in [0.25, 0.3) is 0 Å². The standard InChI is InChI=1S/C15H21FN2O2/c1-17-9-11-6-7-14(13(16)8-11)20-10-15(19)18-12-4-2-3-5-12/h6-8,12,17H,2-5,9-10H2,1H3,(H,18,19). The molecule has 0 bridgehead atoms. The lowest BCUT2D eigenvalue weighted by molar-refractivity contribution is -0.123. The maximum atomic E-state index is 13.7. The van der Waals surface area contributed by atoms with Gasteiger partial charge in [-0.25, -0.2) is 4.39 Å². The molecule has 20 heavy (non-hydrogen) atoms. The lowest BCUT2D eigenvalue weighted by Gasteiger charge is -2.13. The number of carbonyl (C=O) groups excluding carboxylic acids is 1. The molecule has 1 aliphatic carbocycles. The molecule has 1 amide bonds. The first-order valence-electron chi connectivity index (χ1n) is 7.04. The van der Waals surface area contributed by atoms with E-state index >= 15 is 0 Å². The van der Waals surface area contributed by atoms with Gasteiger partial charge in [-0.3, -0.25) is 4.79 Å². The number of hydrogen-bond acceptors (Lipinski definition) is 3. The Morgan fingerprint density at radius 1 is 1.40 bits per heavy atom. The molecule has 1 fully saturated rings. The Morgan fingerprint density at radius 2 is 2.15 bits per heavy atom. The van der Waals surface area contributed by atoms with Crippen LogP contribution >= 0.6 is 0 Å². The van der Waals surface area contributed by atoms with Crippen molar-refractivity contribution in [2.24, 2.45) is 0 Å². The average Bonchev–Trinajstić information content (AvgIpc) is 2.91. The largest absolute Gasteiger partial charge is 0.481 e. The minimum absolute atomic E-state index is 0.117. The van der Waals surface area contributed by atoms with Crippen molar-refractivity contribution in [3.8, 4) is 5.75 Å². The summed E-state index contributed by atoms with van der Waals surface area (Å²) in [6.07, 6.45) is 4.37. The topological polar surface area (TPSA) is 50.4 Å². The summed E-state index contributed by atoms with van der Waals surface area (Å²) in [6.45, 7) is 0.457. The molecule has 0 spiro atoms. The van der Waals surface area contributed by atoms with Gasteiger partial charge in [-0.15, -0.1) is 0 Å². The smallest absolute Gasteiger partial charge is 0.258 e. The Hall–Kier alpha value is -1.62. The number of carbonyl (C=O) groups is 1. The summed E-state index contributed by atoms with van der Waals surface area (Å²) in [7, 11) is 1.80. The molecule has 0 heterocycles. The van der Waals surface area contributed by atoms with Crippen LogP contribution in [-0.4, -0.2) is 25.6 Å². The fourth-order valence-electron chi connectivity index (χ4n) is 2.46. The first kappa shape index (κ1) is 14.8. The Balaban J connectivity index is 1.82. The van der Waals surface area contributed by atoms with E-state index in [4.69, 9.17) is 4.74 Å². The average molecular weight is 280 g/mol. The first-order chi connectivity index (χ1) is 9.69. The van der Waals surface area contributed by atoms with Crippen LogP contribution in [0.1, 0.15) is 31.2 Å². The van der Waals surface area contributed by atoms with Gasteiger partial charge in [0.25, 0.3) is 5.91 Å². The summed E-state index contributed by atoms with van der Waals surface area (Å²) in [5.41, 5.74) is 0.841. The van der Waals surface area contributed by atoms with Gasteiger partial charge in [-0.2, -0.15) is 0 Å². The van der Waals surface area contributed by atoms with Crippen LogP contribution in [0, 0.1) is 5.82 Å². The molecule has 0 unspecified atom stereocenters. The van der Waals surface area contributed by atoms with Crippen molar-refractivity contribution in [3.63, 3.8) is 0 Å². The molecular formula is C15H21FN2O2. The van der Waals surface area contributed by atoms with Crippen LogP contribution in [0.5, 0.6) is 5.75 Å². The molecular weight excluding hydrogens is 259 g/mol. The minimum atomic E-state index is -0.439. The zero-order valence-electron chi connectivity index (χ0n) is 11.7. The third-order valence-electron chi connectivity index (χ3n) is 3.46. The summed E-state index contributed by atoms with van der Waals surface area (Å²) in [5, 5.41) is 5.85. The Kier molecular flexibility index (Phi) is 5.35. The lowest BCUT2D eigenvalue weighted by Crippen LogP contribution is -2.36. The normalized spacial score (nSPS) is 15.3. The lowest BCUT2D eigenvalue weighted by atomic mass is 10.2. The van der Waals surface area contributed by atoms with Crippen molar-refractivity contribution in [1.29, 1.82) is 0 Å². The van der Waals surface area contributed by atoms with E-state index in [1.54, 1.807) is 19.2 Å². The van der Waals surface area contributed by atoms with E-state index in [0.717, 1.165) is 31.2 Å². The van der Waals surface area contributed by atoms with Crippen LogP contribution in [0.4, 0.5) is 4.39 Å². The predicted molar refractivity (Wildman–Crippen MR) is 75.1 cm³/mol. The summed E-state index contributed by atoms with van der Waals surface area (Å²) in [5.74, 6) is -0.506. The second-order valence-electron chi connectivity index (χ2n) is 5.13. The summed E-state index contributed by atoms with van der Waals surface area (Å²) in [6, 6.07) is 5.02. The van der Waals surface area contributed by atoms with Gasteiger partial charge in [-0.05, 0) is 37.6 Å². The number of rotatable bonds is 6. The number of benzene rings is 1. The van der Waals surface area contributed by atoms with E-state index < -0.39 is 5.82 Å². The van der Waals surface area contributed by atoms with Gasteiger partial charge < -0.3 is 15.4 Å². The fraction of sp³-hybridized carbons (Fsp3) is 0.533. The molecule has 0 atom stereocenters. The molecule has 4 nitrogen and oxygen atoms in total. The van der Waals surface area contributed by atoms with E-state index in [2.05, 4.69) is 10.6 Å². The molecule has 0 radical (unpaired) electrons. The molecule has 0 aromatic heterocycles. The molecule has 0 saturated heterocycles. The number of nitrogens with one attached hydrogen (secondary N) is 2. The van der Waals surface area contributed by atoms with E-state index in [9.17, 15) is 9.18 Å².